The summed E-state index contributed by atoms with van der Waals surface area (Å²) in [6, 6.07) is 13.5. The van der Waals surface area contributed by atoms with Crippen LogP contribution in [0.3, 0.4) is 0 Å². The van der Waals surface area contributed by atoms with E-state index in [0.717, 1.165) is 5.56 Å². The van der Waals surface area contributed by atoms with Gasteiger partial charge in [-0.2, -0.15) is 0 Å². The summed E-state index contributed by atoms with van der Waals surface area (Å²) >= 11 is 0. The van der Waals surface area contributed by atoms with E-state index in [0.29, 0.717) is 38.2 Å². The van der Waals surface area contributed by atoms with Gasteiger partial charge in [-0.3, -0.25) is 9.59 Å². The SMILES string of the molecule is Cc1ccc(C(=O)N2CCCN(C(=O)c3ccccc3F)CC2)cc1. The molecule has 25 heavy (non-hydrogen) atoms. The smallest absolute Gasteiger partial charge is 0.256 e. The number of rotatable bonds is 2. The molecule has 0 unspecified atom stereocenters. The Labute approximate surface area is 146 Å². The first-order valence-electron chi connectivity index (χ1n) is 8.46. The lowest BCUT2D eigenvalue weighted by molar-refractivity contribution is 0.0716. The largest absolute Gasteiger partial charge is 0.337 e. The maximum Gasteiger partial charge on any atom is 0.256 e. The highest BCUT2D eigenvalue weighted by Gasteiger charge is 2.24. The molecular weight excluding hydrogens is 319 g/mol. The average molecular weight is 340 g/mol. The van der Waals surface area contributed by atoms with Crippen molar-refractivity contribution in [2.24, 2.45) is 0 Å². The summed E-state index contributed by atoms with van der Waals surface area (Å²) in [4.78, 5) is 28.6. The van der Waals surface area contributed by atoms with Gasteiger partial charge in [0.1, 0.15) is 5.82 Å². The summed E-state index contributed by atoms with van der Waals surface area (Å²) in [6.07, 6.45) is 0.678. The molecular formula is C20H21FN2O2. The Balaban J connectivity index is 1.68. The first kappa shape index (κ1) is 17.1. The van der Waals surface area contributed by atoms with Crippen molar-refractivity contribution in [3.8, 4) is 0 Å². The molecule has 2 aromatic carbocycles. The highest BCUT2D eigenvalue weighted by Crippen LogP contribution is 2.14. The Morgan fingerprint density at radius 2 is 1.44 bits per heavy atom. The molecule has 1 heterocycles. The molecule has 0 aliphatic carbocycles. The maximum absolute atomic E-state index is 13.8. The number of nitrogens with zero attached hydrogens (tertiary/aromatic N) is 2. The summed E-state index contributed by atoms with van der Waals surface area (Å²) in [5.74, 6) is -0.854. The summed E-state index contributed by atoms with van der Waals surface area (Å²) in [7, 11) is 0. The van der Waals surface area contributed by atoms with Crippen LogP contribution < -0.4 is 0 Å². The maximum atomic E-state index is 13.8. The molecule has 2 amide bonds. The lowest BCUT2D eigenvalue weighted by Gasteiger charge is -2.22. The third-order valence-corrected chi connectivity index (χ3v) is 4.47. The van der Waals surface area contributed by atoms with Gasteiger partial charge < -0.3 is 9.80 Å². The third kappa shape index (κ3) is 3.87. The highest BCUT2D eigenvalue weighted by molar-refractivity contribution is 5.95. The fourth-order valence-corrected chi connectivity index (χ4v) is 3.01. The van der Waals surface area contributed by atoms with Crippen molar-refractivity contribution >= 4 is 11.8 Å². The van der Waals surface area contributed by atoms with Gasteiger partial charge >= 0.3 is 0 Å². The number of amides is 2. The first-order chi connectivity index (χ1) is 12.1. The monoisotopic (exact) mass is 340 g/mol. The minimum absolute atomic E-state index is 0.0276. The van der Waals surface area contributed by atoms with Crippen LogP contribution in [0.1, 0.15) is 32.7 Å². The van der Waals surface area contributed by atoms with Gasteiger partial charge in [0.25, 0.3) is 11.8 Å². The first-order valence-corrected chi connectivity index (χ1v) is 8.46. The van der Waals surface area contributed by atoms with E-state index in [4.69, 9.17) is 0 Å². The molecule has 3 rings (SSSR count). The third-order valence-electron chi connectivity index (χ3n) is 4.47. The normalized spacial score (nSPS) is 15.0. The molecule has 0 bridgehead atoms. The molecule has 0 spiro atoms. The van der Waals surface area contributed by atoms with E-state index < -0.39 is 5.82 Å². The van der Waals surface area contributed by atoms with Gasteiger partial charge in [0.05, 0.1) is 5.56 Å². The minimum atomic E-state index is -0.510. The average Bonchev–Trinajstić information content (AvgIpc) is 2.88. The van der Waals surface area contributed by atoms with Crippen LogP contribution in [-0.2, 0) is 0 Å². The molecule has 1 fully saturated rings. The second-order valence-corrected chi connectivity index (χ2v) is 6.28. The quantitative estimate of drug-likeness (QED) is 0.843. The molecule has 1 aliphatic heterocycles. The van der Waals surface area contributed by atoms with Crippen molar-refractivity contribution in [3.63, 3.8) is 0 Å². The Bertz CT molecular complexity index is 774. The Morgan fingerprint density at radius 1 is 0.840 bits per heavy atom. The molecule has 0 radical (unpaired) electrons. The fourth-order valence-electron chi connectivity index (χ4n) is 3.01. The predicted octanol–water partition coefficient (Wildman–Crippen LogP) is 3.12. The van der Waals surface area contributed by atoms with Crippen molar-refractivity contribution in [3.05, 3.63) is 71.0 Å². The number of hydrogen-bond donors (Lipinski definition) is 0. The van der Waals surface area contributed by atoms with Crippen LogP contribution in [0.4, 0.5) is 4.39 Å². The summed E-state index contributed by atoms with van der Waals surface area (Å²) < 4.78 is 13.8. The van der Waals surface area contributed by atoms with Gasteiger partial charge in [0.2, 0.25) is 0 Å². The number of carbonyl (C=O) groups is 2. The summed E-state index contributed by atoms with van der Waals surface area (Å²) in [6.45, 7) is 3.95. The van der Waals surface area contributed by atoms with Crippen molar-refractivity contribution in [2.45, 2.75) is 13.3 Å². The lowest BCUT2D eigenvalue weighted by atomic mass is 10.1. The zero-order valence-corrected chi connectivity index (χ0v) is 14.2. The van der Waals surface area contributed by atoms with E-state index in [-0.39, 0.29) is 17.4 Å². The minimum Gasteiger partial charge on any atom is -0.337 e. The Hall–Kier alpha value is -2.69. The van der Waals surface area contributed by atoms with Crippen LogP contribution in [0.5, 0.6) is 0 Å². The molecule has 0 aromatic heterocycles. The molecule has 2 aromatic rings. The van der Waals surface area contributed by atoms with Gasteiger partial charge in [-0.05, 0) is 37.6 Å². The number of aryl methyl sites for hydroxylation is 1. The highest BCUT2D eigenvalue weighted by atomic mass is 19.1. The van der Waals surface area contributed by atoms with Gasteiger partial charge in [0.15, 0.2) is 0 Å². The van der Waals surface area contributed by atoms with Crippen LogP contribution >= 0.6 is 0 Å². The van der Waals surface area contributed by atoms with Crippen LogP contribution in [0.2, 0.25) is 0 Å². The molecule has 1 saturated heterocycles. The van der Waals surface area contributed by atoms with Crippen molar-refractivity contribution in [2.75, 3.05) is 26.2 Å². The van der Waals surface area contributed by atoms with Gasteiger partial charge in [-0.1, -0.05) is 29.8 Å². The number of hydrogen-bond acceptors (Lipinski definition) is 2. The molecule has 0 atom stereocenters. The van der Waals surface area contributed by atoms with Crippen molar-refractivity contribution in [1.29, 1.82) is 0 Å². The van der Waals surface area contributed by atoms with Crippen LogP contribution in [0, 0.1) is 12.7 Å². The molecule has 5 heteroatoms. The molecule has 1 aliphatic rings. The van der Waals surface area contributed by atoms with E-state index in [2.05, 4.69) is 0 Å². The van der Waals surface area contributed by atoms with E-state index in [1.54, 1.807) is 21.9 Å². The number of carbonyl (C=O) groups excluding carboxylic acids is 2. The summed E-state index contributed by atoms with van der Waals surface area (Å²) in [5, 5.41) is 0. The van der Waals surface area contributed by atoms with Crippen molar-refractivity contribution in [1.82, 2.24) is 9.80 Å². The number of benzene rings is 2. The summed E-state index contributed by atoms with van der Waals surface area (Å²) in [5.41, 5.74) is 1.84. The molecule has 0 N–H and O–H groups in total. The zero-order valence-electron chi connectivity index (χ0n) is 14.2. The standard InChI is InChI=1S/C20H21FN2O2/c1-15-7-9-16(10-8-15)19(24)22-11-4-12-23(14-13-22)20(25)17-5-2-3-6-18(17)21/h2-3,5-10H,4,11-14H2,1H3. The van der Waals surface area contributed by atoms with E-state index in [1.807, 2.05) is 31.2 Å². The molecule has 4 nitrogen and oxygen atoms in total. The van der Waals surface area contributed by atoms with Gasteiger partial charge in [-0.15, -0.1) is 0 Å². The van der Waals surface area contributed by atoms with E-state index in [1.165, 1.54) is 12.1 Å². The topological polar surface area (TPSA) is 40.6 Å². The number of halogens is 1. The second-order valence-electron chi connectivity index (χ2n) is 6.28. The van der Waals surface area contributed by atoms with E-state index >= 15 is 0 Å². The lowest BCUT2D eigenvalue weighted by Crippen LogP contribution is -2.37. The van der Waals surface area contributed by atoms with Gasteiger partial charge in [-0.25, -0.2) is 4.39 Å². The van der Waals surface area contributed by atoms with Gasteiger partial charge in [0, 0.05) is 31.7 Å². The zero-order chi connectivity index (χ0) is 17.8. The van der Waals surface area contributed by atoms with Crippen LogP contribution in [-0.4, -0.2) is 47.8 Å². The molecule has 130 valence electrons. The van der Waals surface area contributed by atoms with E-state index in [9.17, 15) is 14.0 Å². The molecule has 0 saturated carbocycles. The predicted molar refractivity (Wildman–Crippen MR) is 94.0 cm³/mol. The Kier molecular flexibility index (Phi) is 5.12. The van der Waals surface area contributed by atoms with Crippen molar-refractivity contribution < 1.29 is 14.0 Å². The second kappa shape index (κ2) is 7.47. The Morgan fingerprint density at radius 3 is 2.08 bits per heavy atom. The van der Waals surface area contributed by atoms with Crippen LogP contribution in [0.25, 0.3) is 0 Å². The fraction of sp³-hybridized carbons (Fsp3) is 0.300. The van der Waals surface area contributed by atoms with Crippen LogP contribution in [0.15, 0.2) is 48.5 Å².